The second kappa shape index (κ2) is 5.81. The molecule has 0 amide bonds. The number of aldehydes is 1. The van der Waals surface area contributed by atoms with Gasteiger partial charge in [0.15, 0.2) is 23.6 Å². The number of nitrogens with two attached hydrogens (primary N) is 1. The van der Waals surface area contributed by atoms with Crippen molar-refractivity contribution < 1.29 is 24.1 Å². The first kappa shape index (κ1) is 16.3. The molecule has 0 aliphatic carbocycles. The number of anilines is 1. The first-order valence-corrected chi connectivity index (χ1v) is 6.93. The average molecular weight is 343 g/mol. The predicted octanol–water partition coefficient (Wildman–Crippen LogP) is -2.74. The van der Waals surface area contributed by atoms with E-state index in [0.29, 0.717) is 6.29 Å². The molecule has 0 radical (unpaired) electrons. The highest BCUT2D eigenvalue weighted by atomic mass is 19.1. The number of imidazole rings is 1. The number of H-pyrrole nitrogens is 1. The van der Waals surface area contributed by atoms with Crippen LogP contribution < -0.4 is 17.0 Å². The van der Waals surface area contributed by atoms with Crippen LogP contribution in [-0.4, -0.2) is 60.6 Å². The number of hydrogen-bond donors (Lipinski definition) is 4. The van der Waals surface area contributed by atoms with E-state index in [9.17, 15) is 23.9 Å². The van der Waals surface area contributed by atoms with Crippen molar-refractivity contribution in [2.45, 2.75) is 31.2 Å². The predicted molar refractivity (Wildman–Crippen MR) is 77.0 cm³/mol. The number of nitrogens with one attached hydrogen (secondary N) is 1. The lowest BCUT2D eigenvalue weighted by molar-refractivity contribution is -0.108. The number of aromatic amines is 1. The Morgan fingerprint density at radius 2 is 2.17 bits per heavy atom. The summed E-state index contributed by atoms with van der Waals surface area (Å²) in [6.07, 6.45) is -6.22. The van der Waals surface area contributed by atoms with E-state index in [1.807, 2.05) is 0 Å². The molecule has 2 aromatic heterocycles. The lowest BCUT2D eigenvalue weighted by Gasteiger charge is -2.15. The third kappa shape index (κ3) is 2.23. The maximum atomic E-state index is 13.9. The van der Waals surface area contributed by atoms with Gasteiger partial charge in [0, 0.05) is 0 Å². The van der Waals surface area contributed by atoms with Gasteiger partial charge in [-0.25, -0.2) is 13.8 Å². The first-order chi connectivity index (χ1) is 11.4. The molecule has 11 nitrogen and oxygen atoms in total. The van der Waals surface area contributed by atoms with Crippen molar-refractivity contribution >= 4 is 23.4 Å². The van der Waals surface area contributed by atoms with Gasteiger partial charge in [-0.2, -0.15) is 4.98 Å². The van der Waals surface area contributed by atoms with E-state index < -0.39 is 49.0 Å². The van der Waals surface area contributed by atoms with Crippen molar-refractivity contribution in [2.24, 2.45) is 0 Å². The fraction of sp³-hybridized carbons (Fsp3) is 0.500. The van der Waals surface area contributed by atoms with Crippen molar-refractivity contribution in [3.8, 4) is 0 Å². The molecule has 5 N–H and O–H groups in total. The van der Waals surface area contributed by atoms with E-state index in [-0.39, 0.29) is 17.1 Å². The van der Waals surface area contributed by atoms with Gasteiger partial charge in [0.2, 0.25) is 5.95 Å². The van der Waals surface area contributed by atoms with Crippen LogP contribution >= 0.6 is 0 Å². The molecule has 1 fully saturated rings. The molecule has 0 bridgehead atoms. The van der Waals surface area contributed by atoms with E-state index in [2.05, 4.69) is 9.97 Å². The molecule has 1 aliphatic heterocycles. The zero-order chi connectivity index (χ0) is 17.6. The fourth-order valence-corrected chi connectivity index (χ4v) is 2.74. The molecule has 0 saturated carbocycles. The van der Waals surface area contributed by atoms with Crippen molar-refractivity contribution in [1.29, 1.82) is 0 Å². The normalized spacial score (nSPS) is 27.0. The van der Waals surface area contributed by atoms with E-state index in [1.54, 1.807) is 0 Å². The molecule has 24 heavy (non-hydrogen) atoms. The zero-order valence-electron chi connectivity index (χ0n) is 12.1. The van der Waals surface area contributed by atoms with Crippen molar-refractivity contribution in [3.63, 3.8) is 0 Å². The Bertz CT molecular complexity index is 904. The highest BCUT2D eigenvalue weighted by Gasteiger charge is 2.46. The number of alkyl halides is 1. The number of aliphatic hydroxyl groups is 2. The maximum Gasteiger partial charge on any atom is 0.333 e. The summed E-state index contributed by atoms with van der Waals surface area (Å²) in [7, 11) is 0. The Morgan fingerprint density at radius 1 is 1.46 bits per heavy atom. The minimum atomic E-state index is -1.95. The van der Waals surface area contributed by atoms with Crippen LogP contribution in [-0.2, 0) is 16.1 Å². The summed E-state index contributed by atoms with van der Waals surface area (Å²) in [5.74, 6) is -0.313. The van der Waals surface area contributed by atoms with E-state index >= 15 is 0 Å². The standard InChI is InChI=1S/C12H14FN5O6/c13-5-4(3-20)24-10(7(5)21)18-8-6(9(22)16-11(14)15-8)17(1-2-19)12(18)23/h2,4-5,7,10,20-21H,1,3H2,(H3,14,15,16,22)/t4-,5-,7-,10-/m1/s1. The summed E-state index contributed by atoms with van der Waals surface area (Å²) >= 11 is 0. The Morgan fingerprint density at radius 3 is 2.75 bits per heavy atom. The molecule has 2 aromatic rings. The Kier molecular flexibility index (Phi) is 3.95. The van der Waals surface area contributed by atoms with Crippen LogP contribution in [0.15, 0.2) is 9.59 Å². The average Bonchev–Trinajstić information content (AvgIpc) is 2.96. The quantitative estimate of drug-likeness (QED) is 0.434. The number of fused-ring (bicyclic) bond motifs is 1. The maximum absolute atomic E-state index is 13.9. The summed E-state index contributed by atoms with van der Waals surface area (Å²) in [6.45, 7) is -1.17. The van der Waals surface area contributed by atoms with Gasteiger partial charge in [0.05, 0.1) is 13.2 Å². The summed E-state index contributed by atoms with van der Waals surface area (Å²) in [5.41, 5.74) is 3.25. The molecule has 4 atom stereocenters. The Hall–Kier alpha value is -2.57. The van der Waals surface area contributed by atoms with Crippen LogP contribution in [0.2, 0.25) is 0 Å². The van der Waals surface area contributed by atoms with Crippen LogP contribution in [0.1, 0.15) is 6.23 Å². The van der Waals surface area contributed by atoms with Crippen LogP contribution in [0.5, 0.6) is 0 Å². The summed E-state index contributed by atoms with van der Waals surface area (Å²) in [5, 5.41) is 19.1. The number of hydrogen-bond acceptors (Lipinski definition) is 8. The number of carbonyl (C=O) groups is 1. The van der Waals surface area contributed by atoms with Gasteiger partial charge in [-0.3, -0.25) is 14.3 Å². The molecular formula is C12H14FN5O6. The van der Waals surface area contributed by atoms with Crippen molar-refractivity contribution in [3.05, 3.63) is 20.8 Å². The summed E-state index contributed by atoms with van der Waals surface area (Å²) < 4.78 is 20.7. The number of nitrogen functional groups attached to an aromatic ring is 1. The summed E-state index contributed by atoms with van der Waals surface area (Å²) in [4.78, 5) is 41.4. The van der Waals surface area contributed by atoms with Gasteiger partial charge in [-0.1, -0.05) is 0 Å². The number of aromatic nitrogens is 4. The van der Waals surface area contributed by atoms with Crippen LogP contribution in [0.4, 0.5) is 10.3 Å². The Balaban J connectivity index is 2.29. The zero-order valence-corrected chi connectivity index (χ0v) is 12.1. The number of carbonyl (C=O) groups excluding carboxylic acids is 1. The number of halogens is 1. The minimum absolute atomic E-state index is 0.264. The highest BCUT2D eigenvalue weighted by molar-refractivity contribution is 5.73. The van der Waals surface area contributed by atoms with Crippen molar-refractivity contribution in [1.82, 2.24) is 19.1 Å². The van der Waals surface area contributed by atoms with E-state index in [0.717, 1.165) is 9.13 Å². The van der Waals surface area contributed by atoms with Crippen LogP contribution in [0.25, 0.3) is 11.2 Å². The number of rotatable bonds is 4. The second-order valence-corrected chi connectivity index (χ2v) is 5.24. The molecule has 1 aliphatic rings. The molecule has 1 saturated heterocycles. The molecule has 130 valence electrons. The monoisotopic (exact) mass is 343 g/mol. The molecule has 0 unspecified atom stereocenters. The molecule has 3 rings (SSSR count). The number of nitrogens with zero attached hydrogens (tertiary/aromatic N) is 3. The smallest absolute Gasteiger partial charge is 0.333 e. The van der Waals surface area contributed by atoms with E-state index in [4.69, 9.17) is 15.6 Å². The fourth-order valence-electron chi connectivity index (χ4n) is 2.74. The molecular weight excluding hydrogens is 329 g/mol. The Labute approximate surface area is 132 Å². The molecule has 3 heterocycles. The SMILES string of the molecule is Nc1nc2c(c(=O)[nH]1)n(CC=O)c(=O)n2[C@@H]1O[C@H](CO)[C@@H](F)[C@H]1O. The minimum Gasteiger partial charge on any atom is -0.394 e. The molecule has 0 spiro atoms. The molecule has 0 aromatic carbocycles. The van der Waals surface area contributed by atoms with Gasteiger partial charge >= 0.3 is 5.69 Å². The topological polar surface area (TPSA) is 165 Å². The number of ether oxygens (including phenoxy) is 1. The van der Waals surface area contributed by atoms with Gasteiger partial charge in [0.25, 0.3) is 5.56 Å². The third-order valence-corrected chi connectivity index (χ3v) is 3.81. The first-order valence-electron chi connectivity index (χ1n) is 6.93. The van der Waals surface area contributed by atoms with Crippen LogP contribution in [0.3, 0.4) is 0 Å². The highest BCUT2D eigenvalue weighted by Crippen LogP contribution is 2.31. The number of aliphatic hydroxyl groups excluding tert-OH is 2. The van der Waals surface area contributed by atoms with Gasteiger partial charge in [-0.05, 0) is 0 Å². The van der Waals surface area contributed by atoms with Gasteiger partial charge in [0.1, 0.15) is 18.5 Å². The van der Waals surface area contributed by atoms with Crippen molar-refractivity contribution in [2.75, 3.05) is 12.3 Å². The summed E-state index contributed by atoms with van der Waals surface area (Å²) in [6, 6.07) is 0. The van der Waals surface area contributed by atoms with E-state index in [1.165, 1.54) is 0 Å². The largest absolute Gasteiger partial charge is 0.394 e. The lowest BCUT2D eigenvalue weighted by Crippen LogP contribution is -2.34. The van der Waals surface area contributed by atoms with Gasteiger partial charge < -0.3 is 25.5 Å². The van der Waals surface area contributed by atoms with Crippen LogP contribution in [0, 0.1) is 0 Å². The lowest BCUT2D eigenvalue weighted by atomic mass is 10.1. The molecule has 12 heteroatoms. The van der Waals surface area contributed by atoms with Gasteiger partial charge in [-0.15, -0.1) is 0 Å². The third-order valence-electron chi connectivity index (χ3n) is 3.81. The second-order valence-electron chi connectivity index (χ2n) is 5.24.